The fraction of sp³-hybridized carbons (Fsp3) is 0.176. The molecule has 0 radical (unpaired) electrons. The van der Waals surface area contributed by atoms with Gasteiger partial charge in [0.15, 0.2) is 22.3 Å². The van der Waals surface area contributed by atoms with Crippen LogP contribution in [0.15, 0.2) is 33.6 Å². The zero-order chi connectivity index (χ0) is 21.1. The van der Waals surface area contributed by atoms with Crippen LogP contribution in [0, 0.1) is 11.6 Å². The Bertz CT molecular complexity index is 1050. The number of benzene rings is 1. The number of methoxy groups -OCH3 is 1. The van der Waals surface area contributed by atoms with Gasteiger partial charge in [0.05, 0.1) is 7.11 Å². The monoisotopic (exact) mass is 470 g/mol. The number of aliphatic hydroxyl groups excluding tert-OH is 1. The second kappa shape index (κ2) is 8.49. The Balaban J connectivity index is 1.76. The summed E-state index contributed by atoms with van der Waals surface area (Å²) in [5.74, 6) is -4.27. The molecule has 152 valence electrons. The van der Waals surface area contributed by atoms with Gasteiger partial charge in [0, 0.05) is 18.0 Å². The van der Waals surface area contributed by atoms with Crippen molar-refractivity contribution in [1.29, 1.82) is 0 Å². The Morgan fingerprint density at radius 2 is 2.03 bits per heavy atom. The van der Waals surface area contributed by atoms with Crippen LogP contribution in [0.25, 0.3) is 11.3 Å². The van der Waals surface area contributed by atoms with E-state index in [0.29, 0.717) is 11.3 Å². The first-order valence-electron chi connectivity index (χ1n) is 7.93. The molecule has 0 fully saturated rings. The van der Waals surface area contributed by atoms with Crippen LogP contribution in [0.5, 0.6) is 11.8 Å². The van der Waals surface area contributed by atoms with Crippen molar-refractivity contribution in [2.45, 2.75) is 6.10 Å². The van der Waals surface area contributed by atoms with Crippen molar-refractivity contribution in [3.05, 3.63) is 52.3 Å². The largest absolute Gasteiger partial charge is 0.487 e. The first-order valence-corrected chi connectivity index (χ1v) is 8.72. The normalized spacial score (nSPS) is 11.9. The summed E-state index contributed by atoms with van der Waals surface area (Å²) in [6.07, 6.45) is 1.49. The summed E-state index contributed by atoms with van der Waals surface area (Å²) >= 11 is 3.18. The molecule has 1 amide bonds. The first kappa shape index (κ1) is 20.6. The molecule has 0 bridgehead atoms. The highest BCUT2D eigenvalue weighted by atomic mass is 79.9. The highest BCUT2D eigenvalue weighted by Crippen LogP contribution is 2.31. The van der Waals surface area contributed by atoms with Gasteiger partial charge in [0.1, 0.15) is 23.7 Å². The quantitative estimate of drug-likeness (QED) is 0.537. The van der Waals surface area contributed by atoms with Gasteiger partial charge in [-0.1, -0.05) is 0 Å². The minimum atomic E-state index is -1.40. The number of carbonyl (C=O) groups excluding carboxylic acids is 1. The summed E-state index contributed by atoms with van der Waals surface area (Å²) in [4.78, 5) is 23.2. The van der Waals surface area contributed by atoms with Crippen molar-refractivity contribution in [1.82, 2.24) is 15.0 Å². The number of halogens is 3. The maximum absolute atomic E-state index is 14.2. The average molecular weight is 471 g/mol. The molecule has 3 aromatic rings. The van der Waals surface area contributed by atoms with Crippen LogP contribution >= 0.6 is 15.9 Å². The number of ether oxygens (including phenoxy) is 2. The van der Waals surface area contributed by atoms with E-state index in [-0.39, 0.29) is 16.6 Å². The zero-order valence-corrected chi connectivity index (χ0v) is 16.3. The summed E-state index contributed by atoms with van der Waals surface area (Å²) in [5.41, 5.74) is 4.81. The molecule has 1 unspecified atom stereocenters. The van der Waals surface area contributed by atoms with Crippen molar-refractivity contribution in [2.75, 3.05) is 13.7 Å². The SMILES string of the molecule is COc1ncc(-c2nc(C(O)COc3ccc(F)c(C(N)=O)c3F)oc2Br)cn1. The molecule has 2 heterocycles. The number of aromatic nitrogens is 3. The molecule has 1 atom stereocenters. The number of carbonyl (C=O) groups is 1. The predicted molar refractivity (Wildman–Crippen MR) is 97.1 cm³/mol. The fourth-order valence-corrected chi connectivity index (χ4v) is 2.78. The summed E-state index contributed by atoms with van der Waals surface area (Å²) in [5, 5.41) is 10.2. The highest BCUT2D eigenvalue weighted by Gasteiger charge is 2.23. The van der Waals surface area contributed by atoms with Crippen LogP contribution in [0.3, 0.4) is 0 Å². The number of nitrogens with zero attached hydrogens (tertiary/aromatic N) is 3. The fourth-order valence-electron chi connectivity index (χ4n) is 2.29. The van der Waals surface area contributed by atoms with E-state index in [1.165, 1.54) is 19.5 Å². The molecule has 0 saturated heterocycles. The third-order valence-corrected chi connectivity index (χ3v) is 4.21. The Hall–Kier alpha value is -3.12. The minimum Gasteiger partial charge on any atom is -0.487 e. The van der Waals surface area contributed by atoms with Crippen LogP contribution in [0.4, 0.5) is 8.78 Å². The van der Waals surface area contributed by atoms with Crippen molar-refractivity contribution < 1.29 is 32.6 Å². The topological polar surface area (TPSA) is 134 Å². The number of rotatable bonds is 7. The standard InChI is InChI=1S/C17H13BrF2N4O5/c1-27-17-22-4-7(5-23-17)13-14(18)29-16(24-13)9(25)6-28-10-3-2-8(19)11(12(10)20)15(21)26/h2-5,9,25H,6H2,1H3,(H2,21,26). The number of nitrogens with two attached hydrogens (primary N) is 1. The summed E-state index contributed by atoms with van der Waals surface area (Å²) in [7, 11) is 1.42. The van der Waals surface area contributed by atoms with Gasteiger partial charge in [-0.2, -0.15) is 0 Å². The predicted octanol–water partition coefficient (Wildman–Crippen LogP) is 2.39. The Labute approximate surface area is 170 Å². The number of oxazole rings is 1. The van der Waals surface area contributed by atoms with E-state index in [1.807, 2.05) is 0 Å². The smallest absolute Gasteiger partial charge is 0.316 e. The van der Waals surface area contributed by atoms with Crippen molar-refractivity contribution >= 4 is 21.8 Å². The van der Waals surface area contributed by atoms with E-state index in [0.717, 1.165) is 12.1 Å². The Morgan fingerprint density at radius 3 is 2.66 bits per heavy atom. The van der Waals surface area contributed by atoms with Gasteiger partial charge in [-0.05, 0) is 28.1 Å². The molecule has 0 aliphatic rings. The molecule has 12 heteroatoms. The maximum atomic E-state index is 14.2. The number of primary amides is 1. The molecular weight excluding hydrogens is 458 g/mol. The summed E-state index contributed by atoms with van der Waals surface area (Å²) < 4.78 is 43.2. The van der Waals surface area contributed by atoms with Gasteiger partial charge in [0.2, 0.25) is 5.89 Å². The van der Waals surface area contributed by atoms with Crippen LogP contribution in [0.2, 0.25) is 0 Å². The van der Waals surface area contributed by atoms with Gasteiger partial charge >= 0.3 is 6.01 Å². The molecular formula is C17H13BrF2N4O5. The summed E-state index contributed by atoms with van der Waals surface area (Å²) in [6.45, 7) is -0.494. The molecule has 1 aromatic carbocycles. The lowest BCUT2D eigenvalue weighted by atomic mass is 10.1. The lowest BCUT2D eigenvalue weighted by Gasteiger charge is -2.11. The number of hydrogen-bond donors (Lipinski definition) is 2. The zero-order valence-electron chi connectivity index (χ0n) is 14.7. The molecule has 0 saturated carbocycles. The van der Waals surface area contributed by atoms with E-state index in [9.17, 15) is 18.7 Å². The van der Waals surface area contributed by atoms with Gasteiger partial charge < -0.3 is 24.7 Å². The van der Waals surface area contributed by atoms with Crippen molar-refractivity contribution in [3.63, 3.8) is 0 Å². The van der Waals surface area contributed by atoms with Crippen LogP contribution in [0.1, 0.15) is 22.4 Å². The van der Waals surface area contributed by atoms with Gasteiger partial charge in [0.25, 0.3) is 5.91 Å². The van der Waals surface area contributed by atoms with Crippen LogP contribution in [-0.2, 0) is 0 Å². The third-order valence-electron chi connectivity index (χ3n) is 3.67. The molecule has 0 aliphatic heterocycles. The summed E-state index contributed by atoms with van der Waals surface area (Å²) in [6, 6.07) is 1.96. The van der Waals surface area contributed by atoms with Crippen molar-refractivity contribution in [3.8, 4) is 23.0 Å². The molecule has 3 rings (SSSR count). The van der Waals surface area contributed by atoms with E-state index in [4.69, 9.17) is 19.6 Å². The van der Waals surface area contributed by atoms with Crippen molar-refractivity contribution in [2.24, 2.45) is 5.73 Å². The maximum Gasteiger partial charge on any atom is 0.316 e. The van der Waals surface area contributed by atoms with E-state index in [1.54, 1.807) is 0 Å². The van der Waals surface area contributed by atoms with Gasteiger partial charge in [-0.3, -0.25) is 4.79 Å². The first-order chi connectivity index (χ1) is 13.8. The van der Waals surface area contributed by atoms with E-state index >= 15 is 0 Å². The van der Waals surface area contributed by atoms with Gasteiger partial charge in [-0.15, -0.1) is 0 Å². The number of hydrogen-bond acceptors (Lipinski definition) is 8. The lowest BCUT2D eigenvalue weighted by molar-refractivity contribution is 0.0811. The molecule has 2 aromatic heterocycles. The molecule has 0 aliphatic carbocycles. The van der Waals surface area contributed by atoms with Gasteiger partial charge in [-0.25, -0.2) is 23.7 Å². The molecule has 3 N–H and O–H groups in total. The van der Waals surface area contributed by atoms with Crippen LogP contribution < -0.4 is 15.2 Å². The second-order valence-corrected chi connectivity index (χ2v) is 6.28. The van der Waals surface area contributed by atoms with E-state index < -0.39 is 41.6 Å². The molecule has 0 spiro atoms. The van der Waals surface area contributed by atoms with E-state index in [2.05, 4.69) is 30.9 Å². The molecule has 29 heavy (non-hydrogen) atoms. The number of aliphatic hydroxyl groups is 1. The minimum absolute atomic E-state index is 0.139. The Morgan fingerprint density at radius 1 is 1.34 bits per heavy atom. The Kier molecular flexibility index (Phi) is 6.03. The second-order valence-electron chi connectivity index (χ2n) is 5.56. The highest BCUT2D eigenvalue weighted by molar-refractivity contribution is 9.10. The van der Waals surface area contributed by atoms with Crippen LogP contribution in [-0.4, -0.2) is 39.7 Å². The average Bonchev–Trinajstić information content (AvgIpc) is 3.09. The number of amides is 1. The molecule has 9 nitrogen and oxygen atoms in total. The third kappa shape index (κ3) is 4.32. The lowest BCUT2D eigenvalue weighted by Crippen LogP contribution is -2.17.